The molecular formula is C52H30S2. The molecule has 12 aromatic rings. The van der Waals surface area contributed by atoms with Crippen molar-refractivity contribution in [3.05, 3.63) is 182 Å². The van der Waals surface area contributed by atoms with Crippen LogP contribution in [0.2, 0.25) is 0 Å². The summed E-state index contributed by atoms with van der Waals surface area (Å²) < 4.78 is 5.42. The van der Waals surface area contributed by atoms with Gasteiger partial charge in [0.25, 0.3) is 0 Å². The fourth-order valence-electron chi connectivity index (χ4n) is 8.93. The molecule has 0 spiro atoms. The van der Waals surface area contributed by atoms with Gasteiger partial charge in [0.2, 0.25) is 0 Å². The van der Waals surface area contributed by atoms with Gasteiger partial charge >= 0.3 is 0 Å². The van der Waals surface area contributed by atoms with Gasteiger partial charge < -0.3 is 0 Å². The van der Waals surface area contributed by atoms with Crippen LogP contribution in [-0.2, 0) is 0 Å². The molecule has 2 aromatic heterocycles. The Morgan fingerprint density at radius 2 is 0.741 bits per heavy atom. The largest absolute Gasteiger partial charge is 0.135 e. The molecule has 12 rings (SSSR count). The zero-order valence-corrected chi connectivity index (χ0v) is 30.8. The van der Waals surface area contributed by atoms with Crippen LogP contribution in [0.15, 0.2) is 182 Å². The van der Waals surface area contributed by atoms with Gasteiger partial charge in [-0.1, -0.05) is 146 Å². The first-order valence-corrected chi connectivity index (χ1v) is 20.1. The number of rotatable bonds is 3. The van der Waals surface area contributed by atoms with Crippen LogP contribution < -0.4 is 0 Å². The normalized spacial score (nSPS) is 12.1. The maximum absolute atomic E-state index is 2.42. The summed E-state index contributed by atoms with van der Waals surface area (Å²) in [7, 11) is 0. The summed E-state index contributed by atoms with van der Waals surface area (Å²) in [6, 6.07) is 67.9. The lowest BCUT2D eigenvalue weighted by molar-refractivity contribution is 1.67. The molecule has 0 N–H and O–H groups in total. The Balaban J connectivity index is 0.981. The van der Waals surface area contributed by atoms with Gasteiger partial charge in [0.05, 0.1) is 0 Å². The minimum atomic E-state index is 1.24. The molecule has 54 heavy (non-hydrogen) atoms. The van der Waals surface area contributed by atoms with Crippen LogP contribution >= 0.6 is 22.7 Å². The first-order valence-electron chi connectivity index (χ1n) is 18.5. The quantitative estimate of drug-likeness (QED) is 0.160. The standard InChI is InChI=1S/C52H30S2/c1-2-12-37-31(10-1)11-9-18-40(37)52-43-16-5-3-14-41(43)51(42-15-4-6-17-44(42)52)36-23-22-32-26-33(20-21-34(32)27-36)35-24-25-39-46-29-45-38-13-7-8-19-47(38)53-49(45)30-50(46)54-48(39)28-35/h1-30H. The van der Waals surface area contributed by atoms with E-state index in [-0.39, 0.29) is 0 Å². The summed E-state index contributed by atoms with van der Waals surface area (Å²) in [5.41, 5.74) is 7.62. The van der Waals surface area contributed by atoms with Crippen molar-refractivity contribution >= 4 is 106 Å². The molecule has 0 aliphatic rings. The molecule has 0 aliphatic heterocycles. The highest BCUT2D eigenvalue weighted by molar-refractivity contribution is 7.28. The average Bonchev–Trinajstić information content (AvgIpc) is 3.78. The molecule has 2 heterocycles. The van der Waals surface area contributed by atoms with Crippen LogP contribution in [-0.4, -0.2) is 0 Å². The zero-order chi connectivity index (χ0) is 35.3. The van der Waals surface area contributed by atoms with Crippen LogP contribution in [0.3, 0.4) is 0 Å². The smallest absolute Gasteiger partial charge is 0.0369 e. The Kier molecular flexibility index (Phi) is 6.48. The SMILES string of the molecule is c1ccc2c(-c3c4ccccc4c(-c4ccc5cc(-c6ccc7c(c6)sc6cc8sc9ccccc9c8cc67)ccc5c4)c4ccccc34)cccc2c1. The molecule has 0 radical (unpaired) electrons. The number of fused-ring (bicyclic) bond motifs is 10. The van der Waals surface area contributed by atoms with Gasteiger partial charge in [-0.2, -0.15) is 0 Å². The highest BCUT2D eigenvalue weighted by Crippen LogP contribution is 2.46. The van der Waals surface area contributed by atoms with Gasteiger partial charge in [-0.25, -0.2) is 0 Å². The minimum absolute atomic E-state index is 1.24. The third-order valence-corrected chi connectivity index (χ3v) is 13.7. The lowest BCUT2D eigenvalue weighted by Crippen LogP contribution is -1.91. The first-order chi connectivity index (χ1) is 26.7. The molecular weight excluding hydrogens is 689 g/mol. The van der Waals surface area contributed by atoms with Gasteiger partial charge in [0, 0.05) is 40.3 Å². The lowest BCUT2D eigenvalue weighted by atomic mass is 9.84. The molecule has 0 saturated carbocycles. The van der Waals surface area contributed by atoms with Crippen LogP contribution in [0.25, 0.3) is 117 Å². The summed E-state index contributed by atoms with van der Waals surface area (Å²) in [6.07, 6.45) is 0. The summed E-state index contributed by atoms with van der Waals surface area (Å²) in [5, 5.41) is 15.6. The highest BCUT2D eigenvalue weighted by Gasteiger charge is 2.18. The van der Waals surface area contributed by atoms with Gasteiger partial charge in [-0.15, -0.1) is 22.7 Å². The predicted molar refractivity (Wildman–Crippen MR) is 239 cm³/mol. The fourth-order valence-corrected chi connectivity index (χ4v) is 11.3. The lowest BCUT2D eigenvalue weighted by Gasteiger charge is -2.19. The van der Waals surface area contributed by atoms with Crippen molar-refractivity contribution in [3.63, 3.8) is 0 Å². The molecule has 0 saturated heterocycles. The molecule has 10 aromatic carbocycles. The van der Waals surface area contributed by atoms with Gasteiger partial charge in [0.15, 0.2) is 0 Å². The van der Waals surface area contributed by atoms with E-state index in [4.69, 9.17) is 0 Å². The molecule has 0 amide bonds. The maximum Gasteiger partial charge on any atom is 0.0369 e. The second kappa shape index (κ2) is 11.6. The second-order valence-electron chi connectivity index (χ2n) is 14.4. The number of benzene rings is 10. The van der Waals surface area contributed by atoms with E-state index in [1.54, 1.807) is 0 Å². The Morgan fingerprint density at radius 3 is 1.48 bits per heavy atom. The van der Waals surface area contributed by atoms with Crippen molar-refractivity contribution in [2.24, 2.45) is 0 Å². The van der Waals surface area contributed by atoms with Crippen molar-refractivity contribution in [2.45, 2.75) is 0 Å². The summed E-state index contributed by atoms with van der Waals surface area (Å²) >= 11 is 3.80. The summed E-state index contributed by atoms with van der Waals surface area (Å²) in [5.74, 6) is 0. The summed E-state index contributed by atoms with van der Waals surface area (Å²) in [6.45, 7) is 0. The number of thiophene rings is 2. The fraction of sp³-hybridized carbons (Fsp3) is 0. The van der Waals surface area contributed by atoms with E-state index in [0.29, 0.717) is 0 Å². The predicted octanol–water partition coefficient (Wildman–Crippen LogP) is 16.0. The highest BCUT2D eigenvalue weighted by atomic mass is 32.1. The Morgan fingerprint density at radius 1 is 0.241 bits per heavy atom. The molecule has 0 nitrogen and oxygen atoms in total. The van der Waals surface area contributed by atoms with Crippen molar-refractivity contribution in [1.82, 2.24) is 0 Å². The Hall–Kier alpha value is -6.32. The van der Waals surface area contributed by atoms with Crippen LogP contribution in [0.4, 0.5) is 0 Å². The third kappa shape index (κ3) is 4.48. The zero-order valence-electron chi connectivity index (χ0n) is 29.1. The monoisotopic (exact) mass is 718 g/mol. The second-order valence-corrected chi connectivity index (χ2v) is 16.6. The van der Waals surface area contributed by atoms with Crippen LogP contribution in [0, 0.1) is 0 Å². The van der Waals surface area contributed by atoms with Crippen LogP contribution in [0.1, 0.15) is 0 Å². The van der Waals surface area contributed by atoms with Gasteiger partial charge in [-0.3, -0.25) is 0 Å². The minimum Gasteiger partial charge on any atom is -0.135 e. The van der Waals surface area contributed by atoms with E-state index >= 15 is 0 Å². The molecule has 0 bridgehead atoms. The van der Waals surface area contributed by atoms with Crippen molar-refractivity contribution in [3.8, 4) is 33.4 Å². The Labute approximate surface area is 319 Å². The van der Waals surface area contributed by atoms with Gasteiger partial charge in [-0.05, 0) is 113 Å². The topological polar surface area (TPSA) is 0 Å². The molecule has 0 aliphatic carbocycles. The summed E-state index contributed by atoms with van der Waals surface area (Å²) in [4.78, 5) is 0. The van der Waals surface area contributed by atoms with Crippen molar-refractivity contribution in [2.75, 3.05) is 0 Å². The van der Waals surface area contributed by atoms with Crippen molar-refractivity contribution < 1.29 is 0 Å². The molecule has 0 fully saturated rings. The van der Waals surface area contributed by atoms with E-state index < -0.39 is 0 Å². The molecule has 0 unspecified atom stereocenters. The molecule has 2 heteroatoms. The number of hydrogen-bond acceptors (Lipinski definition) is 2. The first kappa shape index (κ1) is 30.2. The van der Waals surface area contributed by atoms with Crippen LogP contribution in [0.5, 0.6) is 0 Å². The Bertz CT molecular complexity index is 3440. The molecule has 250 valence electrons. The van der Waals surface area contributed by atoms with E-state index in [2.05, 4.69) is 182 Å². The third-order valence-electron chi connectivity index (χ3n) is 11.4. The number of hydrogen-bond donors (Lipinski definition) is 0. The van der Waals surface area contributed by atoms with E-state index in [1.165, 1.54) is 117 Å². The molecule has 0 atom stereocenters. The van der Waals surface area contributed by atoms with E-state index in [0.717, 1.165) is 0 Å². The maximum atomic E-state index is 2.42. The van der Waals surface area contributed by atoms with E-state index in [9.17, 15) is 0 Å². The van der Waals surface area contributed by atoms with Crippen molar-refractivity contribution in [1.29, 1.82) is 0 Å². The van der Waals surface area contributed by atoms with E-state index in [1.807, 2.05) is 22.7 Å². The van der Waals surface area contributed by atoms with Gasteiger partial charge in [0.1, 0.15) is 0 Å². The average molecular weight is 719 g/mol.